The van der Waals surface area contributed by atoms with Gasteiger partial charge < -0.3 is 10.1 Å². The lowest BCUT2D eigenvalue weighted by Gasteiger charge is -2.22. The maximum Gasteiger partial charge on any atom is 0.307 e. The summed E-state index contributed by atoms with van der Waals surface area (Å²) in [7, 11) is 1.34. The van der Waals surface area contributed by atoms with E-state index >= 15 is 0 Å². The highest BCUT2D eigenvalue weighted by atomic mass is 16.5. The Balaban J connectivity index is 1.86. The zero-order valence-electron chi connectivity index (χ0n) is 12.6. The van der Waals surface area contributed by atoms with Crippen LogP contribution in [0.5, 0.6) is 0 Å². The van der Waals surface area contributed by atoms with Gasteiger partial charge in [0, 0.05) is 12.1 Å². The Morgan fingerprint density at radius 3 is 2.43 bits per heavy atom. The number of carbonyl (C=O) groups is 2. The van der Waals surface area contributed by atoms with Gasteiger partial charge in [0.15, 0.2) is 0 Å². The third kappa shape index (κ3) is 4.59. The minimum Gasteiger partial charge on any atom is -0.469 e. The molecular weight excluding hydrogens is 266 g/mol. The third-order valence-corrected chi connectivity index (χ3v) is 4.09. The maximum absolute atomic E-state index is 11.9. The fourth-order valence-corrected chi connectivity index (χ4v) is 2.82. The fraction of sp³-hybridized carbons (Fsp3) is 0.529. The van der Waals surface area contributed by atoms with Crippen LogP contribution in [0.25, 0.3) is 0 Å². The quantitative estimate of drug-likeness (QED) is 0.848. The first-order chi connectivity index (χ1) is 10.2. The zero-order chi connectivity index (χ0) is 15.1. The Kier molecular flexibility index (Phi) is 5.78. The molecule has 1 N–H and O–H groups in total. The molecule has 0 aromatic heterocycles. The van der Waals surface area contributed by atoms with Crippen molar-refractivity contribution >= 4 is 11.9 Å². The average molecular weight is 289 g/mol. The standard InChI is InChI=1S/C17H23NO3/c1-21-16(19)11-12-18-17(20)15-9-7-14(8-10-15)13-5-3-2-4-6-13/h7-10,13H,2-6,11-12H2,1H3,(H,18,20). The van der Waals surface area contributed by atoms with E-state index in [2.05, 4.69) is 22.2 Å². The Morgan fingerprint density at radius 1 is 1.14 bits per heavy atom. The van der Waals surface area contributed by atoms with Crippen molar-refractivity contribution in [1.82, 2.24) is 5.32 Å². The van der Waals surface area contributed by atoms with Crippen LogP contribution in [0, 0.1) is 0 Å². The number of methoxy groups -OCH3 is 1. The second-order valence-corrected chi connectivity index (χ2v) is 5.54. The van der Waals surface area contributed by atoms with Gasteiger partial charge in [-0.2, -0.15) is 0 Å². The zero-order valence-corrected chi connectivity index (χ0v) is 12.6. The van der Waals surface area contributed by atoms with Crippen molar-refractivity contribution in [1.29, 1.82) is 0 Å². The van der Waals surface area contributed by atoms with Crippen molar-refractivity contribution < 1.29 is 14.3 Å². The molecule has 4 heteroatoms. The summed E-state index contributed by atoms with van der Waals surface area (Å²) >= 11 is 0. The highest BCUT2D eigenvalue weighted by Crippen LogP contribution is 2.32. The minimum absolute atomic E-state index is 0.144. The van der Waals surface area contributed by atoms with Crippen molar-refractivity contribution in [3.05, 3.63) is 35.4 Å². The van der Waals surface area contributed by atoms with Gasteiger partial charge in [0.25, 0.3) is 5.91 Å². The lowest BCUT2D eigenvalue weighted by atomic mass is 9.84. The van der Waals surface area contributed by atoms with E-state index in [1.165, 1.54) is 44.8 Å². The predicted molar refractivity (Wildman–Crippen MR) is 81.2 cm³/mol. The number of ether oxygens (including phenoxy) is 1. The molecule has 2 rings (SSSR count). The van der Waals surface area contributed by atoms with E-state index in [9.17, 15) is 9.59 Å². The fourth-order valence-electron chi connectivity index (χ4n) is 2.82. The van der Waals surface area contributed by atoms with Crippen molar-refractivity contribution in [2.24, 2.45) is 0 Å². The van der Waals surface area contributed by atoms with E-state index in [0.29, 0.717) is 18.0 Å². The lowest BCUT2D eigenvalue weighted by Crippen LogP contribution is -2.26. The summed E-state index contributed by atoms with van der Waals surface area (Å²) in [6, 6.07) is 7.87. The molecule has 0 radical (unpaired) electrons. The van der Waals surface area contributed by atoms with E-state index in [1.54, 1.807) is 0 Å². The summed E-state index contributed by atoms with van der Waals surface area (Å²) in [6.45, 7) is 0.301. The molecule has 0 spiro atoms. The number of hydrogen-bond acceptors (Lipinski definition) is 3. The van der Waals surface area contributed by atoms with E-state index in [1.807, 2.05) is 12.1 Å². The Labute approximate surface area is 125 Å². The first-order valence-corrected chi connectivity index (χ1v) is 7.65. The monoisotopic (exact) mass is 289 g/mol. The molecule has 1 aliphatic carbocycles. The number of rotatable bonds is 5. The van der Waals surface area contributed by atoms with Crippen LogP contribution in [-0.4, -0.2) is 25.5 Å². The van der Waals surface area contributed by atoms with Crippen LogP contribution in [0.4, 0.5) is 0 Å². The largest absolute Gasteiger partial charge is 0.469 e. The Morgan fingerprint density at radius 2 is 1.81 bits per heavy atom. The maximum atomic E-state index is 11.9. The van der Waals surface area contributed by atoms with E-state index in [0.717, 1.165) is 0 Å². The molecule has 0 aliphatic heterocycles. The van der Waals surface area contributed by atoms with Gasteiger partial charge in [-0.05, 0) is 36.5 Å². The van der Waals surface area contributed by atoms with Gasteiger partial charge in [-0.25, -0.2) is 0 Å². The number of amides is 1. The minimum atomic E-state index is -0.317. The summed E-state index contributed by atoms with van der Waals surface area (Å²) in [5.41, 5.74) is 1.97. The molecule has 1 aromatic carbocycles. The Bertz CT molecular complexity index is 475. The third-order valence-electron chi connectivity index (χ3n) is 4.09. The Hall–Kier alpha value is -1.84. The normalized spacial score (nSPS) is 15.5. The second kappa shape index (κ2) is 7.81. The van der Waals surface area contributed by atoms with Gasteiger partial charge in [0.2, 0.25) is 0 Å². The van der Waals surface area contributed by atoms with Gasteiger partial charge in [-0.3, -0.25) is 9.59 Å². The molecule has 4 nitrogen and oxygen atoms in total. The highest BCUT2D eigenvalue weighted by Gasteiger charge is 2.15. The molecule has 0 heterocycles. The van der Waals surface area contributed by atoms with E-state index < -0.39 is 0 Å². The second-order valence-electron chi connectivity index (χ2n) is 5.54. The molecule has 1 amide bonds. The van der Waals surface area contributed by atoms with Crippen molar-refractivity contribution in [2.45, 2.75) is 44.4 Å². The van der Waals surface area contributed by atoms with Crippen LogP contribution in [-0.2, 0) is 9.53 Å². The summed E-state index contributed by atoms with van der Waals surface area (Å²) in [5, 5.41) is 2.72. The number of esters is 1. The molecular formula is C17H23NO3. The number of carbonyl (C=O) groups excluding carboxylic acids is 2. The highest BCUT2D eigenvalue weighted by molar-refractivity contribution is 5.94. The first-order valence-electron chi connectivity index (χ1n) is 7.65. The van der Waals surface area contributed by atoms with Crippen LogP contribution in [0.1, 0.15) is 60.4 Å². The van der Waals surface area contributed by atoms with Gasteiger partial charge in [-0.15, -0.1) is 0 Å². The summed E-state index contributed by atoms with van der Waals surface area (Å²) in [4.78, 5) is 22.9. The topological polar surface area (TPSA) is 55.4 Å². The summed E-state index contributed by atoms with van der Waals surface area (Å²) in [5.74, 6) is 0.187. The molecule has 0 saturated heterocycles. The SMILES string of the molecule is COC(=O)CCNC(=O)c1ccc(C2CCCCC2)cc1. The molecule has 1 aromatic rings. The molecule has 1 aliphatic rings. The first kappa shape index (κ1) is 15.5. The molecule has 1 saturated carbocycles. The van der Waals surface area contributed by atoms with E-state index in [-0.39, 0.29) is 18.3 Å². The van der Waals surface area contributed by atoms with Crippen molar-refractivity contribution in [3.8, 4) is 0 Å². The average Bonchev–Trinajstić information content (AvgIpc) is 2.55. The van der Waals surface area contributed by atoms with Crippen LogP contribution >= 0.6 is 0 Å². The number of nitrogens with one attached hydrogen (secondary N) is 1. The molecule has 1 fully saturated rings. The van der Waals surface area contributed by atoms with Crippen LogP contribution in [0.3, 0.4) is 0 Å². The van der Waals surface area contributed by atoms with Crippen LogP contribution in [0.15, 0.2) is 24.3 Å². The number of hydrogen-bond donors (Lipinski definition) is 1. The molecule has 0 bridgehead atoms. The van der Waals surface area contributed by atoms with Crippen LogP contribution in [0.2, 0.25) is 0 Å². The lowest BCUT2D eigenvalue weighted by molar-refractivity contribution is -0.140. The van der Waals surface area contributed by atoms with Gasteiger partial charge in [0.05, 0.1) is 13.5 Å². The summed E-state index contributed by atoms with van der Waals surface area (Å²) in [6.07, 6.45) is 6.66. The van der Waals surface area contributed by atoms with Gasteiger partial charge in [-0.1, -0.05) is 31.4 Å². The molecule has 21 heavy (non-hydrogen) atoms. The number of benzene rings is 1. The van der Waals surface area contributed by atoms with Gasteiger partial charge in [0.1, 0.15) is 0 Å². The van der Waals surface area contributed by atoms with E-state index in [4.69, 9.17) is 0 Å². The van der Waals surface area contributed by atoms with Gasteiger partial charge >= 0.3 is 5.97 Å². The van der Waals surface area contributed by atoms with Crippen molar-refractivity contribution in [3.63, 3.8) is 0 Å². The van der Waals surface area contributed by atoms with Crippen LogP contribution < -0.4 is 5.32 Å². The summed E-state index contributed by atoms with van der Waals surface area (Å²) < 4.78 is 4.53. The molecule has 0 unspecified atom stereocenters. The molecule has 0 atom stereocenters. The van der Waals surface area contributed by atoms with Crippen molar-refractivity contribution in [2.75, 3.05) is 13.7 Å². The molecule has 114 valence electrons. The predicted octanol–water partition coefficient (Wildman–Crippen LogP) is 3.03. The smallest absolute Gasteiger partial charge is 0.307 e.